The molecule has 1 aromatic carbocycles. The van der Waals surface area contributed by atoms with E-state index in [0.29, 0.717) is 19.5 Å². The molecule has 0 atom stereocenters. The Balaban J connectivity index is 2.18. The predicted octanol–water partition coefficient (Wildman–Crippen LogP) is 2.50. The highest BCUT2D eigenvalue weighted by molar-refractivity contribution is 5.94. The molecule has 1 aromatic rings. The average Bonchev–Trinajstić information content (AvgIpc) is 2.55. The molecule has 0 aliphatic heterocycles. The molecule has 2 amide bonds. The Kier molecular flexibility index (Phi) is 6.37. The fourth-order valence-corrected chi connectivity index (χ4v) is 3.59. The van der Waals surface area contributed by atoms with Crippen molar-refractivity contribution in [1.29, 1.82) is 0 Å². The summed E-state index contributed by atoms with van der Waals surface area (Å²) in [6.45, 7) is 2.84. The fraction of sp³-hybridized carbons (Fsp3) is 0.579. The highest BCUT2D eigenvalue weighted by atomic mass is 16.2. The predicted molar refractivity (Wildman–Crippen MR) is 96.5 cm³/mol. The van der Waals surface area contributed by atoms with Crippen LogP contribution in [0.4, 0.5) is 5.69 Å². The number of benzene rings is 1. The zero-order valence-corrected chi connectivity index (χ0v) is 14.6. The standard InChI is InChI=1S/C19H29N3O2/c1-15-6-5-7-16(12-15)22(11-8-17(21)23)18(24)13-19(14-20)9-3-2-4-10-19/h5-7,12H,2-4,8-11,13-14,20H2,1H3,(H2,21,23). The quantitative estimate of drug-likeness (QED) is 0.804. The number of primary amides is 1. The van der Waals surface area contributed by atoms with Crippen molar-refractivity contribution < 1.29 is 9.59 Å². The molecular weight excluding hydrogens is 302 g/mol. The maximum atomic E-state index is 13.0. The number of anilines is 1. The fourth-order valence-electron chi connectivity index (χ4n) is 3.59. The molecule has 1 aliphatic carbocycles. The Labute approximate surface area is 144 Å². The zero-order chi connectivity index (χ0) is 17.6. The maximum absolute atomic E-state index is 13.0. The number of carbonyl (C=O) groups is 2. The Bertz CT molecular complexity index is 580. The van der Waals surface area contributed by atoms with Crippen LogP contribution in [-0.2, 0) is 9.59 Å². The van der Waals surface area contributed by atoms with E-state index in [1.54, 1.807) is 4.90 Å². The largest absolute Gasteiger partial charge is 0.370 e. The van der Waals surface area contributed by atoms with Gasteiger partial charge in [-0.05, 0) is 49.4 Å². The van der Waals surface area contributed by atoms with Gasteiger partial charge in [0.05, 0.1) is 0 Å². The number of nitrogens with zero attached hydrogens (tertiary/aromatic N) is 1. The van der Waals surface area contributed by atoms with Crippen LogP contribution in [0.2, 0.25) is 0 Å². The summed E-state index contributed by atoms with van der Waals surface area (Å²) in [5.74, 6) is -0.360. The van der Waals surface area contributed by atoms with Crippen LogP contribution >= 0.6 is 0 Å². The summed E-state index contributed by atoms with van der Waals surface area (Å²) >= 11 is 0. The minimum absolute atomic E-state index is 0.0363. The van der Waals surface area contributed by atoms with Crippen molar-refractivity contribution in [2.24, 2.45) is 16.9 Å². The number of amides is 2. The number of rotatable bonds is 7. The Morgan fingerprint density at radius 2 is 1.92 bits per heavy atom. The van der Waals surface area contributed by atoms with Crippen molar-refractivity contribution in [1.82, 2.24) is 0 Å². The lowest BCUT2D eigenvalue weighted by atomic mass is 9.71. The van der Waals surface area contributed by atoms with Crippen LogP contribution in [-0.4, -0.2) is 24.9 Å². The van der Waals surface area contributed by atoms with E-state index in [4.69, 9.17) is 11.5 Å². The minimum atomic E-state index is -0.397. The normalized spacial score (nSPS) is 16.6. The van der Waals surface area contributed by atoms with Gasteiger partial charge >= 0.3 is 0 Å². The van der Waals surface area contributed by atoms with E-state index in [9.17, 15) is 9.59 Å². The number of hydrogen-bond donors (Lipinski definition) is 2. The Morgan fingerprint density at radius 3 is 2.50 bits per heavy atom. The first-order valence-corrected chi connectivity index (χ1v) is 8.81. The van der Waals surface area contributed by atoms with Gasteiger partial charge in [0.15, 0.2) is 0 Å². The van der Waals surface area contributed by atoms with Gasteiger partial charge in [-0.15, -0.1) is 0 Å². The van der Waals surface area contributed by atoms with Gasteiger partial charge in [-0.2, -0.15) is 0 Å². The lowest BCUT2D eigenvalue weighted by Crippen LogP contribution is -2.41. The Morgan fingerprint density at radius 1 is 1.21 bits per heavy atom. The lowest BCUT2D eigenvalue weighted by molar-refractivity contribution is -0.121. The molecule has 5 nitrogen and oxygen atoms in total. The first-order valence-electron chi connectivity index (χ1n) is 8.81. The van der Waals surface area contributed by atoms with Crippen LogP contribution in [0.1, 0.15) is 50.5 Å². The van der Waals surface area contributed by atoms with Crippen LogP contribution in [0.3, 0.4) is 0 Å². The van der Waals surface area contributed by atoms with Crippen LogP contribution in [0.5, 0.6) is 0 Å². The van der Waals surface area contributed by atoms with E-state index < -0.39 is 5.91 Å². The SMILES string of the molecule is Cc1cccc(N(CCC(N)=O)C(=O)CC2(CN)CCCCC2)c1. The van der Waals surface area contributed by atoms with E-state index in [-0.39, 0.29) is 17.7 Å². The molecule has 1 fully saturated rings. The Hall–Kier alpha value is -1.88. The monoisotopic (exact) mass is 331 g/mol. The number of aryl methyl sites for hydroxylation is 1. The van der Waals surface area contributed by atoms with Gasteiger partial charge < -0.3 is 16.4 Å². The van der Waals surface area contributed by atoms with Crippen molar-refractivity contribution in [2.75, 3.05) is 18.0 Å². The molecular formula is C19H29N3O2. The number of carbonyl (C=O) groups excluding carboxylic acids is 2. The van der Waals surface area contributed by atoms with Crippen molar-refractivity contribution in [3.63, 3.8) is 0 Å². The zero-order valence-electron chi connectivity index (χ0n) is 14.6. The van der Waals surface area contributed by atoms with Gasteiger partial charge in [-0.3, -0.25) is 9.59 Å². The van der Waals surface area contributed by atoms with E-state index >= 15 is 0 Å². The van der Waals surface area contributed by atoms with Crippen LogP contribution in [0.15, 0.2) is 24.3 Å². The van der Waals surface area contributed by atoms with Gasteiger partial charge in [0.2, 0.25) is 11.8 Å². The summed E-state index contributed by atoms with van der Waals surface area (Å²) in [4.78, 5) is 25.9. The molecule has 1 saturated carbocycles. The highest BCUT2D eigenvalue weighted by Crippen LogP contribution is 2.39. The van der Waals surface area contributed by atoms with E-state index in [0.717, 1.165) is 36.9 Å². The number of hydrogen-bond acceptors (Lipinski definition) is 3. The molecule has 2 rings (SSSR count). The second kappa shape index (κ2) is 8.29. The summed E-state index contributed by atoms with van der Waals surface area (Å²) in [5, 5.41) is 0. The lowest BCUT2D eigenvalue weighted by Gasteiger charge is -2.37. The van der Waals surface area contributed by atoms with Crippen LogP contribution < -0.4 is 16.4 Å². The van der Waals surface area contributed by atoms with Crippen LogP contribution in [0.25, 0.3) is 0 Å². The highest BCUT2D eigenvalue weighted by Gasteiger charge is 2.34. The van der Waals surface area contributed by atoms with Crippen molar-refractivity contribution in [2.45, 2.75) is 51.9 Å². The molecule has 24 heavy (non-hydrogen) atoms. The molecule has 0 aromatic heterocycles. The third-order valence-electron chi connectivity index (χ3n) is 5.07. The van der Waals surface area contributed by atoms with Gasteiger partial charge in [0.1, 0.15) is 0 Å². The van der Waals surface area contributed by atoms with Crippen LogP contribution in [0, 0.1) is 12.3 Å². The van der Waals surface area contributed by atoms with E-state index in [2.05, 4.69) is 0 Å². The minimum Gasteiger partial charge on any atom is -0.370 e. The second-order valence-electron chi connectivity index (χ2n) is 7.04. The second-order valence-corrected chi connectivity index (χ2v) is 7.04. The molecule has 4 N–H and O–H groups in total. The molecule has 5 heteroatoms. The van der Waals surface area contributed by atoms with Gasteiger partial charge in [-0.25, -0.2) is 0 Å². The summed E-state index contributed by atoms with van der Waals surface area (Å²) < 4.78 is 0. The summed E-state index contributed by atoms with van der Waals surface area (Å²) in [6, 6.07) is 7.79. The van der Waals surface area contributed by atoms with Gasteiger partial charge in [0.25, 0.3) is 0 Å². The summed E-state index contributed by atoms with van der Waals surface area (Å²) in [5.41, 5.74) is 13.1. The van der Waals surface area contributed by atoms with Crippen molar-refractivity contribution in [3.8, 4) is 0 Å². The molecule has 0 radical (unpaired) electrons. The molecule has 1 aliphatic rings. The molecule has 0 saturated heterocycles. The van der Waals surface area contributed by atoms with E-state index in [1.807, 2.05) is 31.2 Å². The van der Waals surface area contributed by atoms with Crippen molar-refractivity contribution in [3.05, 3.63) is 29.8 Å². The van der Waals surface area contributed by atoms with E-state index in [1.165, 1.54) is 6.42 Å². The molecule has 0 spiro atoms. The molecule has 0 heterocycles. The molecule has 0 bridgehead atoms. The topological polar surface area (TPSA) is 89.4 Å². The van der Waals surface area contributed by atoms with Gasteiger partial charge in [0, 0.05) is 25.1 Å². The first kappa shape index (κ1) is 18.5. The summed E-state index contributed by atoms with van der Waals surface area (Å²) in [6.07, 6.45) is 6.11. The molecule has 0 unspecified atom stereocenters. The maximum Gasteiger partial charge on any atom is 0.227 e. The van der Waals surface area contributed by atoms with Crippen molar-refractivity contribution >= 4 is 17.5 Å². The smallest absolute Gasteiger partial charge is 0.227 e. The number of nitrogens with two attached hydrogens (primary N) is 2. The van der Waals surface area contributed by atoms with Gasteiger partial charge in [-0.1, -0.05) is 31.4 Å². The molecule has 132 valence electrons. The third-order valence-corrected chi connectivity index (χ3v) is 5.07. The average molecular weight is 331 g/mol. The third kappa shape index (κ3) is 4.81. The first-order chi connectivity index (χ1) is 11.5. The summed E-state index contributed by atoms with van der Waals surface area (Å²) in [7, 11) is 0.